The van der Waals surface area contributed by atoms with E-state index in [2.05, 4.69) is 83.5 Å². The van der Waals surface area contributed by atoms with Gasteiger partial charge in [0.1, 0.15) is 0 Å². The van der Waals surface area contributed by atoms with Crippen molar-refractivity contribution in [3.05, 3.63) is 70.7 Å². The molecule has 0 aliphatic carbocycles. The largest absolute Gasteiger partial charge is 0.135 e. The molecule has 0 saturated heterocycles. The topological polar surface area (TPSA) is 0 Å². The standard InChI is InChI=1S/C19H13BrS/c1-12-11-13(20)9-10-14(12)15-6-4-8-18-19(15)16-5-2-3-7-17(16)21-18/h2-11H,1H3. The van der Waals surface area contributed by atoms with Crippen LogP contribution in [0.4, 0.5) is 0 Å². The molecule has 0 spiro atoms. The van der Waals surface area contributed by atoms with Crippen molar-refractivity contribution in [1.82, 2.24) is 0 Å². The smallest absolute Gasteiger partial charge is 0.0361 e. The molecule has 4 rings (SSSR count). The van der Waals surface area contributed by atoms with Crippen molar-refractivity contribution in [1.29, 1.82) is 0 Å². The third-order valence-corrected chi connectivity index (χ3v) is 5.51. The van der Waals surface area contributed by atoms with E-state index < -0.39 is 0 Å². The molecule has 1 heterocycles. The van der Waals surface area contributed by atoms with E-state index in [0.717, 1.165) is 4.47 Å². The fraction of sp³-hybridized carbons (Fsp3) is 0.0526. The molecule has 0 saturated carbocycles. The Morgan fingerprint density at radius 3 is 2.48 bits per heavy atom. The second kappa shape index (κ2) is 4.97. The summed E-state index contributed by atoms with van der Waals surface area (Å²) in [6.07, 6.45) is 0. The van der Waals surface area contributed by atoms with Gasteiger partial charge in [-0.2, -0.15) is 0 Å². The Kier molecular flexibility index (Phi) is 3.09. The second-order valence-corrected chi connectivity index (χ2v) is 7.24. The van der Waals surface area contributed by atoms with Crippen molar-refractivity contribution in [3.8, 4) is 11.1 Å². The lowest BCUT2D eigenvalue weighted by molar-refractivity contribution is 1.45. The van der Waals surface area contributed by atoms with Gasteiger partial charge in [-0.15, -0.1) is 11.3 Å². The Balaban J connectivity index is 2.13. The lowest BCUT2D eigenvalue weighted by Gasteiger charge is -2.09. The van der Waals surface area contributed by atoms with Gasteiger partial charge in [-0.05, 0) is 47.9 Å². The van der Waals surface area contributed by atoms with Crippen molar-refractivity contribution >= 4 is 47.4 Å². The number of halogens is 1. The molecule has 0 bridgehead atoms. The zero-order valence-corrected chi connectivity index (χ0v) is 14.0. The first kappa shape index (κ1) is 13.1. The zero-order valence-electron chi connectivity index (χ0n) is 11.6. The van der Waals surface area contributed by atoms with Crippen LogP contribution >= 0.6 is 27.3 Å². The van der Waals surface area contributed by atoms with Crippen LogP contribution in [-0.4, -0.2) is 0 Å². The number of fused-ring (bicyclic) bond motifs is 3. The molecule has 0 fully saturated rings. The number of rotatable bonds is 1. The van der Waals surface area contributed by atoms with Crippen molar-refractivity contribution in [2.24, 2.45) is 0 Å². The molecule has 0 aliphatic rings. The van der Waals surface area contributed by atoms with Gasteiger partial charge in [-0.25, -0.2) is 0 Å². The molecule has 0 N–H and O–H groups in total. The molecule has 4 aromatic rings. The summed E-state index contributed by atoms with van der Waals surface area (Å²) in [5.41, 5.74) is 3.94. The van der Waals surface area contributed by atoms with E-state index in [1.165, 1.54) is 36.9 Å². The Morgan fingerprint density at radius 2 is 1.62 bits per heavy atom. The van der Waals surface area contributed by atoms with Crippen LogP contribution in [0.5, 0.6) is 0 Å². The molecule has 102 valence electrons. The number of thiophene rings is 1. The maximum atomic E-state index is 3.55. The van der Waals surface area contributed by atoms with Gasteiger partial charge in [0.05, 0.1) is 0 Å². The van der Waals surface area contributed by atoms with Gasteiger partial charge in [0.15, 0.2) is 0 Å². The summed E-state index contributed by atoms with van der Waals surface area (Å²) >= 11 is 5.42. The fourth-order valence-corrected chi connectivity index (χ4v) is 4.54. The first-order valence-electron chi connectivity index (χ1n) is 6.91. The molecular formula is C19H13BrS. The lowest BCUT2D eigenvalue weighted by Crippen LogP contribution is -1.84. The number of hydrogen-bond donors (Lipinski definition) is 0. The Bertz CT molecular complexity index is 966. The van der Waals surface area contributed by atoms with E-state index in [-0.39, 0.29) is 0 Å². The van der Waals surface area contributed by atoms with E-state index in [0.29, 0.717) is 0 Å². The minimum absolute atomic E-state index is 1.13. The van der Waals surface area contributed by atoms with E-state index in [1.807, 2.05) is 11.3 Å². The van der Waals surface area contributed by atoms with E-state index in [9.17, 15) is 0 Å². The minimum Gasteiger partial charge on any atom is -0.135 e. The molecule has 0 unspecified atom stereocenters. The van der Waals surface area contributed by atoms with Gasteiger partial charge in [0.25, 0.3) is 0 Å². The highest BCUT2D eigenvalue weighted by Crippen LogP contribution is 2.40. The molecule has 1 aromatic heterocycles. The Hall–Kier alpha value is -1.64. The molecule has 0 radical (unpaired) electrons. The minimum atomic E-state index is 1.13. The lowest BCUT2D eigenvalue weighted by atomic mass is 9.96. The van der Waals surface area contributed by atoms with Crippen molar-refractivity contribution in [2.75, 3.05) is 0 Å². The van der Waals surface area contributed by atoms with E-state index in [4.69, 9.17) is 0 Å². The molecule has 3 aromatic carbocycles. The molecule has 0 atom stereocenters. The van der Waals surface area contributed by atoms with Crippen molar-refractivity contribution in [3.63, 3.8) is 0 Å². The zero-order chi connectivity index (χ0) is 14.4. The summed E-state index contributed by atoms with van der Waals surface area (Å²) in [7, 11) is 0. The number of hydrogen-bond acceptors (Lipinski definition) is 1. The summed E-state index contributed by atoms with van der Waals surface area (Å²) in [4.78, 5) is 0. The van der Waals surface area contributed by atoms with Crippen molar-refractivity contribution in [2.45, 2.75) is 6.92 Å². The third kappa shape index (κ3) is 2.10. The Labute approximate surface area is 136 Å². The van der Waals surface area contributed by atoms with Crippen LogP contribution in [-0.2, 0) is 0 Å². The normalized spacial score (nSPS) is 11.3. The fourth-order valence-electron chi connectivity index (χ4n) is 2.93. The van der Waals surface area contributed by atoms with Gasteiger partial charge in [-0.1, -0.05) is 52.3 Å². The highest BCUT2D eigenvalue weighted by molar-refractivity contribution is 9.10. The Morgan fingerprint density at radius 1 is 0.810 bits per heavy atom. The van der Waals surface area contributed by atoms with Crippen LogP contribution in [0.25, 0.3) is 31.3 Å². The third-order valence-electron chi connectivity index (χ3n) is 3.88. The molecular weight excluding hydrogens is 340 g/mol. The van der Waals surface area contributed by atoms with Crippen LogP contribution in [0.3, 0.4) is 0 Å². The van der Waals surface area contributed by atoms with E-state index >= 15 is 0 Å². The molecule has 2 heteroatoms. The SMILES string of the molecule is Cc1cc(Br)ccc1-c1cccc2sc3ccccc3c12. The summed E-state index contributed by atoms with van der Waals surface area (Å²) in [5, 5.41) is 2.74. The monoisotopic (exact) mass is 352 g/mol. The predicted octanol–water partition coefficient (Wildman–Crippen LogP) is 6.79. The molecule has 21 heavy (non-hydrogen) atoms. The van der Waals surface area contributed by atoms with Crippen LogP contribution in [0.1, 0.15) is 5.56 Å². The summed E-state index contributed by atoms with van der Waals surface area (Å²) in [6.45, 7) is 2.17. The van der Waals surface area contributed by atoms with Crippen LogP contribution in [0.15, 0.2) is 65.1 Å². The first-order chi connectivity index (χ1) is 10.2. The summed E-state index contributed by atoms with van der Waals surface area (Å²) < 4.78 is 3.84. The van der Waals surface area contributed by atoms with Crippen LogP contribution in [0, 0.1) is 6.92 Å². The van der Waals surface area contributed by atoms with Crippen molar-refractivity contribution < 1.29 is 0 Å². The average molecular weight is 353 g/mol. The van der Waals surface area contributed by atoms with Gasteiger partial charge in [0, 0.05) is 24.6 Å². The van der Waals surface area contributed by atoms with Crippen LogP contribution < -0.4 is 0 Å². The number of benzene rings is 3. The highest BCUT2D eigenvalue weighted by atomic mass is 79.9. The molecule has 0 nitrogen and oxygen atoms in total. The van der Waals surface area contributed by atoms with Crippen LogP contribution in [0.2, 0.25) is 0 Å². The average Bonchev–Trinajstić information content (AvgIpc) is 2.86. The first-order valence-corrected chi connectivity index (χ1v) is 8.52. The predicted molar refractivity (Wildman–Crippen MR) is 97.2 cm³/mol. The number of aryl methyl sites for hydroxylation is 1. The van der Waals surface area contributed by atoms with Gasteiger partial charge in [-0.3, -0.25) is 0 Å². The maximum Gasteiger partial charge on any atom is 0.0361 e. The molecule has 0 aliphatic heterocycles. The summed E-state index contributed by atoms with van der Waals surface area (Å²) in [5.74, 6) is 0. The maximum absolute atomic E-state index is 3.55. The highest BCUT2D eigenvalue weighted by Gasteiger charge is 2.11. The van der Waals surface area contributed by atoms with E-state index in [1.54, 1.807) is 0 Å². The second-order valence-electron chi connectivity index (χ2n) is 5.24. The molecule has 0 amide bonds. The summed E-state index contributed by atoms with van der Waals surface area (Å²) in [6, 6.07) is 21.8. The van der Waals surface area contributed by atoms with Gasteiger partial charge >= 0.3 is 0 Å². The van der Waals surface area contributed by atoms with Gasteiger partial charge < -0.3 is 0 Å². The van der Waals surface area contributed by atoms with Gasteiger partial charge in [0.2, 0.25) is 0 Å². The quantitative estimate of drug-likeness (QED) is 0.353.